The topological polar surface area (TPSA) is 55.0 Å². The Morgan fingerprint density at radius 2 is 2.38 bits per heavy atom. The maximum Gasteiger partial charge on any atom is 0.221 e. The van der Waals surface area contributed by atoms with E-state index < -0.39 is 0 Å². The molecular formula is C12H14N4. The summed E-state index contributed by atoms with van der Waals surface area (Å²) in [5.41, 5.74) is 6.97. The third-order valence-corrected chi connectivity index (χ3v) is 3.19. The number of nitrogens with two attached hydrogens (primary N) is 1. The van der Waals surface area contributed by atoms with Gasteiger partial charge in [-0.3, -0.25) is 0 Å². The fraction of sp³-hybridized carbons (Fsp3) is 0.333. The molecule has 1 aromatic rings. The van der Waals surface area contributed by atoms with E-state index >= 15 is 0 Å². The summed E-state index contributed by atoms with van der Waals surface area (Å²) in [5, 5.41) is 0. The second-order valence-electron chi connectivity index (χ2n) is 4.17. The van der Waals surface area contributed by atoms with Crippen LogP contribution in [-0.2, 0) is 0 Å². The lowest BCUT2D eigenvalue weighted by Gasteiger charge is -2.22. The Labute approximate surface area is 94.5 Å². The highest BCUT2D eigenvalue weighted by molar-refractivity contribution is 5.51. The molecule has 0 spiro atoms. The Hall–Kier alpha value is -1.84. The summed E-state index contributed by atoms with van der Waals surface area (Å²) in [5.74, 6) is 1.91. The van der Waals surface area contributed by atoms with Gasteiger partial charge in [0.1, 0.15) is 5.82 Å². The highest BCUT2D eigenvalue weighted by atomic mass is 15.2. The summed E-state index contributed by atoms with van der Waals surface area (Å²) in [6.45, 7) is 1.02. The maximum absolute atomic E-state index is 5.61. The van der Waals surface area contributed by atoms with Crippen LogP contribution in [0.3, 0.4) is 0 Å². The van der Waals surface area contributed by atoms with Crippen LogP contribution in [0.25, 0.3) is 0 Å². The summed E-state index contributed by atoms with van der Waals surface area (Å²) < 4.78 is 0. The van der Waals surface area contributed by atoms with E-state index in [1.54, 1.807) is 6.20 Å². The minimum absolute atomic E-state index is 0.341. The first-order chi connectivity index (χ1) is 7.84. The van der Waals surface area contributed by atoms with Crippen LogP contribution in [0.4, 0.5) is 11.8 Å². The minimum atomic E-state index is 0.341. The van der Waals surface area contributed by atoms with E-state index in [0.717, 1.165) is 18.8 Å². The number of nitrogens with zero attached hydrogens (tertiary/aromatic N) is 3. The monoisotopic (exact) mass is 214 g/mol. The summed E-state index contributed by atoms with van der Waals surface area (Å²) in [4.78, 5) is 10.4. The Kier molecular flexibility index (Phi) is 2.13. The van der Waals surface area contributed by atoms with Crippen LogP contribution in [0.1, 0.15) is 12.8 Å². The van der Waals surface area contributed by atoms with Crippen LogP contribution in [0.15, 0.2) is 36.2 Å². The van der Waals surface area contributed by atoms with E-state index in [4.69, 9.17) is 5.73 Å². The van der Waals surface area contributed by atoms with E-state index in [1.807, 2.05) is 6.07 Å². The Morgan fingerprint density at radius 1 is 1.44 bits per heavy atom. The van der Waals surface area contributed by atoms with Crippen LogP contribution in [0.2, 0.25) is 0 Å². The van der Waals surface area contributed by atoms with Gasteiger partial charge in [0.05, 0.1) is 0 Å². The third-order valence-electron chi connectivity index (χ3n) is 3.19. The highest BCUT2D eigenvalue weighted by Crippen LogP contribution is 2.35. The molecule has 0 amide bonds. The van der Waals surface area contributed by atoms with E-state index in [0.29, 0.717) is 11.9 Å². The minimum Gasteiger partial charge on any atom is -0.368 e. The molecule has 0 aromatic carbocycles. The van der Waals surface area contributed by atoms with Crippen LogP contribution in [0.5, 0.6) is 0 Å². The lowest BCUT2D eigenvalue weighted by Crippen LogP contribution is -2.20. The molecule has 0 radical (unpaired) electrons. The zero-order valence-corrected chi connectivity index (χ0v) is 9.00. The molecule has 1 fully saturated rings. The molecule has 1 unspecified atom stereocenters. The van der Waals surface area contributed by atoms with Crippen molar-refractivity contribution in [3.05, 3.63) is 36.2 Å². The van der Waals surface area contributed by atoms with Crippen LogP contribution < -0.4 is 10.6 Å². The predicted octanol–water partition coefficient (Wildman–Crippen LogP) is 1.73. The number of aromatic nitrogens is 2. The standard InChI is InChI=1S/C12H14N4/c13-12-14-7-5-11(15-12)16-8-6-9-3-1-2-4-10(9)16/h1-2,4-5,7,9H,3,6,8H2,(H2,13,14,15). The molecule has 1 aliphatic carbocycles. The van der Waals surface area contributed by atoms with Crippen molar-refractivity contribution in [2.24, 2.45) is 5.92 Å². The van der Waals surface area contributed by atoms with Gasteiger partial charge in [-0.15, -0.1) is 0 Å². The molecule has 1 aromatic heterocycles. The highest BCUT2D eigenvalue weighted by Gasteiger charge is 2.29. The molecule has 4 heteroatoms. The fourth-order valence-corrected chi connectivity index (χ4v) is 2.42. The number of hydrogen-bond acceptors (Lipinski definition) is 4. The first-order valence-electron chi connectivity index (χ1n) is 5.57. The molecular weight excluding hydrogens is 200 g/mol. The smallest absolute Gasteiger partial charge is 0.221 e. The van der Waals surface area contributed by atoms with Crippen LogP contribution in [0, 0.1) is 5.92 Å². The fourth-order valence-electron chi connectivity index (χ4n) is 2.42. The van der Waals surface area contributed by atoms with Gasteiger partial charge in [0.2, 0.25) is 5.95 Å². The molecule has 4 nitrogen and oxygen atoms in total. The third kappa shape index (κ3) is 1.46. The first-order valence-corrected chi connectivity index (χ1v) is 5.57. The van der Waals surface area contributed by atoms with Crippen molar-refractivity contribution in [3.8, 4) is 0 Å². The summed E-state index contributed by atoms with van der Waals surface area (Å²) in [6.07, 6.45) is 10.6. The zero-order valence-electron chi connectivity index (χ0n) is 9.00. The van der Waals surface area contributed by atoms with Gasteiger partial charge in [-0.25, -0.2) is 4.98 Å². The van der Waals surface area contributed by atoms with E-state index in [2.05, 4.69) is 33.1 Å². The molecule has 0 saturated carbocycles. The number of fused-ring (bicyclic) bond motifs is 1. The van der Waals surface area contributed by atoms with Gasteiger partial charge < -0.3 is 10.6 Å². The van der Waals surface area contributed by atoms with Gasteiger partial charge in [0, 0.05) is 24.4 Å². The molecule has 16 heavy (non-hydrogen) atoms. The van der Waals surface area contributed by atoms with Gasteiger partial charge in [0.15, 0.2) is 0 Å². The lowest BCUT2D eigenvalue weighted by atomic mass is 9.97. The van der Waals surface area contributed by atoms with Gasteiger partial charge in [-0.2, -0.15) is 4.98 Å². The lowest BCUT2D eigenvalue weighted by molar-refractivity contribution is 0.646. The van der Waals surface area contributed by atoms with Crippen molar-refractivity contribution in [1.82, 2.24) is 9.97 Å². The number of hydrogen-bond donors (Lipinski definition) is 1. The second-order valence-corrected chi connectivity index (χ2v) is 4.17. The van der Waals surface area contributed by atoms with Crippen molar-refractivity contribution in [3.63, 3.8) is 0 Å². The molecule has 2 N–H and O–H groups in total. The summed E-state index contributed by atoms with van der Waals surface area (Å²) in [7, 11) is 0. The Bertz CT molecular complexity index is 464. The van der Waals surface area contributed by atoms with Gasteiger partial charge in [-0.1, -0.05) is 12.2 Å². The normalized spacial score (nSPS) is 23.1. The van der Waals surface area contributed by atoms with Gasteiger partial charge >= 0.3 is 0 Å². The van der Waals surface area contributed by atoms with Crippen molar-refractivity contribution >= 4 is 11.8 Å². The van der Waals surface area contributed by atoms with Gasteiger partial charge in [0.25, 0.3) is 0 Å². The molecule has 1 aliphatic heterocycles. The SMILES string of the molecule is Nc1nccc(N2CCC3CC=CC=C32)n1. The Balaban J connectivity index is 1.96. The van der Waals surface area contributed by atoms with Crippen molar-refractivity contribution < 1.29 is 0 Å². The van der Waals surface area contributed by atoms with Crippen molar-refractivity contribution in [2.45, 2.75) is 12.8 Å². The van der Waals surface area contributed by atoms with E-state index in [-0.39, 0.29) is 0 Å². The van der Waals surface area contributed by atoms with E-state index in [9.17, 15) is 0 Å². The molecule has 2 aliphatic rings. The number of anilines is 2. The molecule has 82 valence electrons. The molecule has 2 heterocycles. The quantitative estimate of drug-likeness (QED) is 0.773. The van der Waals surface area contributed by atoms with Crippen molar-refractivity contribution in [2.75, 3.05) is 17.2 Å². The van der Waals surface area contributed by atoms with Crippen molar-refractivity contribution in [1.29, 1.82) is 0 Å². The largest absolute Gasteiger partial charge is 0.368 e. The number of rotatable bonds is 1. The van der Waals surface area contributed by atoms with Crippen LogP contribution in [-0.4, -0.2) is 16.5 Å². The summed E-state index contributed by atoms with van der Waals surface area (Å²) >= 11 is 0. The zero-order chi connectivity index (χ0) is 11.0. The second kappa shape index (κ2) is 3.63. The first kappa shape index (κ1) is 9.39. The molecule has 1 saturated heterocycles. The average Bonchev–Trinajstić information content (AvgIpc) is 2.72. The molecule has 0 bridgehead atoms. The van der Waals surface area contributed by atoms with E-state index in [1.165, 1.54) is 12.1 Å². The Morgan fingerprint density at radius 3 is 3.25 bits per heavy atom. The summed E-state index contributed by atoms with van der Waals surface area (Å²) in [6, 6.07) is 1.91. The molecule has 1 atom stereocenters. The predicted molar refractivity (Wildman–Crippen MR) is 63.7 cm³/mol. The van der Waals surface area contributed by atoms with Crippen LogP contribution >= 0.6 is 0 Å². The number of nitrogen functional groups attached to an aromatic ring is 1. The number of allylic oxidation sites excluding steroid dienone is 4. The maximum atomic E-state index is 5.61. The molecule has 3 rings (SSSR count). The average molecular weight is 214 g/mol. The van der Waals surface area contributed by atoms with Gasteiger partial charge in [-0.05, 0) is 25.0 Å².